The smallest absolute Gasteiger partial charge is 0.293 e. The summed E-state index contributed by atoms with van der Waals surface area (Å²) in [6.45, 7) is 4.47. The lowest BCUT2D eigenvalue weighted by Gasteiger charge is -2.19. The molecule has 0 saturated heterocycles. The van der Waals surface area contributed by atoms with Gasteiger partial charge in [0.1, 0.15) is 5.69 Å². The SMILES string of the molecule is COCCCNC(=O)CN(C)c1ccc(S(=O)(=O)Nc2ccc(C)cc2C)cc1[N+](=O)[O-]. The molecule has 0 aromatic heterocycles. The highest BCUT2D eigenvalue weighted by Crippen LogP contribution is 2.31. The van der Waals surface area contributed by atoms with E-state index in [1.165, 1.54) is 24.1 Å². The fraction of sp³-hybridized carbons (Fsp3) is 0.381. The lowest BCUT2D eigenvalue weighted by molar-refractivity contribution is -0.384. The van der Waals surface area contributed by atoms with Crippen molar-refractivity contribution < 1.29 is 22.9 Å². The average Bonchev–Trinajstić information content (AvgIpc) is 2.72. The maximum atomic E-state index is 12.8. The number of ether oxygens (including phenoxy) is 1. The zero-order valence-corrected chi connectivity index (χ0v) is 19.4. The zero-order chi connectivity index (χ0) is 23.9. The van der Waals surface area contributed by atoms with Gasteiger partial charge in [-0.3, -0.25) is 19.6 Å². The summed E-state index contributed by atoms with van der Waals surface area (Å²) >= 11 is 0. The molecule has 0 heterocycles. The molecule has 32 heavy (non-hydrogen) atoms. The number of carbonyl (C=O) groups excluding carboxylic acids is 1. The molecule has 11 heteroatoms. The van der Waals surface area contributed by atoms with Crippen LogP contribution in [-0.4, -0.2) is 53.1 Å². The lowest BCUT2D eigenvalue weighted by atomic mass is 10.1. The van der Waals surface area contributed by atoms with E-state index >= 15 is 0 Å². The molecule has 0 bridgehead atoms. The van der Waals surface area contributed by atoms with Crippen LogP contribution in [0.2, 0.25) is 0 Å². The first-order chi connectivity index (χ1) is 15.0. The Hall–Kier alpha value is -3.18. The Morgan fingerprint density at radius 1 is 1.19 bits per heavy atom. The highest BCUT2D eigenvalue weighted by Gasteiger charge is 2.24. The van der Waals surface area contributed by atoms with E-state index in [-0.39, 0.29) is 23.0 Å². The van der Waals surface area contributed by atoms with E-state index in [1.807, 2.05) is 13.0 Å². The molecule has 0 aliphatic carbocycles. The molecule has 0 radical (unpaired) electrons. The molecule has 1 amide bonds. The summed E-state index contributed by atoms with van der Waals surface area (Å²) < 4.78 is 33.0. The minimum absolute atomic E-state index is 0.124. The predicted molar refractivity (Wildman–Crippen MR) is 123 cm³/mol. The van der Waals surface area contributed by atoms with Crippen LogP contribution in [0.25, 0.3) is 0 Å². The lowest BCUT2D eigenvalue weighted by Crippen LogP contribution is -2.36. The Kier molecular flexibility index (Phi) is 8.56. The summed E-state index contributed by atoms with van der Waals surface area (Å²) in [4.78, 5) is 24.2. The molecule has 0 aliphatic heterocycles. The highest BCUT2D eigenvalue weighted by molar-refractivity contribution is 7.92. The number of carbonyl (C=O) groups is 1. The molecule has 0 atom stereocenters. The average molecular weight is 465 g/mol. The van der Waals surface area contributed by atoms with Gasteiger partial charge in [-0.2, -0.15) is 0 Å². The van der Waals surface area contributed by atoms with Crippen molar-refractivity contribution >= 4 is 33.0 Å². The Morgan fingerprint density at radius 3 is 2.53 bits per heavy atom. The molecule has 0 fully saturated rings. The van der Waals surface area contributed by atoms with E-state index in [9.17, 15) is 23.3 Å². The van der Waals surface area contributed by atoms with Crippen LogP contribution in [0, 0.1) is 24.0 Å². The topological polar surface area (TPSA) is 131 Å². The van der Waals surface area contributed by atoms with Crippen molar-refractivity contribution in [2.45, 2.75) is 25.2 Å². The second kappa shape index (κ2) is 10.9. The van der Waals surface area contributed by atoms with E-state index < -0.39 is 20.6 Å². The molecule has 0 saturated carbocycles. The second-order valence-electron chi connectivity index (χ2n) is 7.38. The first kappa shape index (κ1) is 25.1. The van der Waals surface area contributed by atoms with Crippen LogP contribution in [-0.2, 0) is 19.6 Å². The molecule has 0 spiro atoms. The van der Waals surface area contributed by atoms with Crippen LogP contribution in [0.4, 0.5) is 17.1 Å². The van der Waals surface area contributed by atoms with Gasteiger partial charge in [0.15, 0.2) is 0 Å². The van der Waals surface area contributed by atoms with Crippen molar-refractivity contribution in [3.8, 4) is 0 Å². The van der Waals surface area contributed by atoms with E-state index in [4.69, 9.17) is 4.74 Å². The fourth-order valence-corrected chi connectivity index (χ4v) is 4.22. The number of likely N-dealkylation sites (N-methyl/N-ethyl adjacent to an activating group) is 1. The van der Waals surface area contributed by atoms with Gasteiger partial charge >= 0.3 is 0 Å². The zero-order valence-electron chi connectivity index (χ0n) is 18.5. The minimum Gasteiger partial charge on any atom is -0.385 e. The number of nitrogens with zero attached hydrogens (tertiary/aromatic N) is 2. The summed E-state index contributed by atoms with van der Waals surface area (Å²) in [7, 11) is -0.959. The number of nitrogens with one attached hydrogen (secondary N) is 2. The number of nitro benzene ring substituents is 1. The van der Waals surface area contributed by atoms with Crippen molar-refractivity contribution in [2.24, 2.45) is 0 Å². The van der Waals surface area contributed by atoms with Gasteiger partial charge in [-0.05, 0) is 44.0 Å². The van der Waals surface area contributed by atoms with Gasteiger partial charge in [-0.15, -0.1) is 0 Å². The van der Waals surface area contributed by atoms with Gasteiger partial charge in [0.2, 0.25) is 5.91 Å². The highest BCUT2D eigenvalue weighted by atomic mass is 32.2. The van der Waals surface area contributed by atoms with Crippen molar-refractivity contribution in [2.75, 3.05) is 43.5 Å². The molecular formula is C21H28N4O6S. The quantitative estimate of drug-likeness (QED) is 0.297. The van der Waals surface area contributed by atoms with Crippen LogP contribution >= 0.6 is 0 Å². The summed E-state index contributed by atoms with van der Waals surface area (Å²) in [6, 6.07) is 8.84. The summed E-state index contributed by atoms with van der Waals surface area (Å²) in [5.41, 5.74) is 1.83. The molecule has 2 aromatic carbocycles. The number of hydrogen-bond donors (Lipinski definition) is 2. The second-order valence-corrected chi connectivity index (χ2v) is 9.07. The number of hydrogen-bond acceptors (Lipinski definition) is 7. The van der Waals surface area contributed by atoms with Gasteiger partial charge < -0.3 is 15.0 Å². The molecule has 2 N–H and O–H groups in total. The Bertz CT molecular complexity index is 1090. The molecule has 2 rings (SSSR count). The third kappa shape index (κ3) is 6.66. The first-order valence-corrected chi connectivity index (χ1v) is 11.4. The van der Waals surface area contributed by atoms with Crippen molar-refractivity contribution in [3.63, 3.8) is 0 Å². The number of nitro groups is 1. The van der Waals surface area contributed by atoms with Crippen LogP contribution in [0.1, 0.15) is 17.5 Å². The van der Waals surface area contributed by atoms with Crippen LogP contribution in [0.15, 0.2) is 41.3 Å². The number of methoxy groups -OCH3 is 1. The monoisotopic (exact) mass is 464 g/mol. The Labute approximate surface area is 187 Å². The molecule has 10 nitrogen and oxygen atoms in total. The minimum atomic E-state index is -4.05. The van der Waals surface area contributed by atoms with Crippen molar-refractivity contribution in [1.82, 2.24) is 5.32 Å². The maximum Gasteiger partial charge on any atom is 0.293 e. The maximum absolute atomic E-state index is 12.8. The standard InChI is InChI=1S/C21H28N4O6S/c1-15-6-8-18(16(2)12-15)23-32(29,30)17-7-9-19(20(13-17)25(27)28)24(3)14-21(26)22-10-5-11-31-4/h6-9,12-13,23H,5,10-11,14H2,1-4H3,(H,22,26). The van der Waals surface area contributed by atoms with E-state index in [0.717, 1.165) is 17.2 Å². The van der Waals surface area contributed by atoms with Crippen LogP contribution in [0.3, 0.4) is 0 Å². The van der Waals surface area contributed by atoms with Gasteiger partial charge in [0.05, 0.1) is 22.1 Å². The van der Waals surface area contributed by atoms with E-state index in [1.54, 1.807) is 26.2 Å². The third-order valence-corrected chi connectivity index (χ3v) is 6.08. The number of benzene rings is 2. The van der Waals surface area contributed by atoms with Crippen LogP contribution < -0.4 is 14.9 Å². The van der Waals surface area contributed by atoms with Gasteiger partial charge in [-0.1, -0.05) is 17.7 Å². The Morgan fingerprint density at radius 2 is 1.91 bits per heavy atom. The van der Waals surface area contributed by atoms with E-state index in [2.05, 4.69) is 10.0 Å². The summed E-state index contributed by atoms with van der Waals surface area (Å²) in [5.74, 6) is -0.314. The number of anilines is 2. The third-order valence-electron chi connectivity index (χ3n) is 4.72. The molecule has 2 aromatic rings. The molecule has 174 valence electrons. The van der Waals surface area contributed by atoms with Gasteiger partial charge in [0.25, 0.3) is 15.7 Å². The fourth-order valence-electron chi connectivity index (χ4n) is 3.07. The Balaban J connectivity index is 2.23. The van der Waals surface area contributed by atoms with Gasteiger partial charge in [-0.25, -0.2) is 8.42 Å². The van der Waals surface area contributed by atoms with Crippen molar-refractivity contribution in [3.05, 3.63) is 57.6 Å². The molecule has 0 unspecified atom stereocenters. The summed E-state index contributed by atoms with van der Waals surface area (Å²) in [6.07, 6.45) is 0.645. The number of amides is 1. The normalized spacial score (nSPS) is 11.1. The molecule has 0 aliphatic rings. The largest absolute Gasteiger partial charge is 0.385 e. The van der Waals surface area contributed by atoms with Crippen LogP contribution in [0.5, 0.6) is 0 Å². The van der Waals surface area contributed by atoms with E-state index in [0.29, 0.717) is 25.3 Å². The molecular weight excluding hydrogens is 436 g/mol. The number of sulfonamides is 1. The number of rotatable bonds is 11. The summed E-state index contributed by atoms with van der Waals surface area (Å²) in [5, 5.41) is 14.3. The number of aryl methyl sites for hydroxylation is 2. The van der Waals surface area contributed by atoms with Crippen molar-refractivity contribution in [1.29, 1.82) is 0 Å². The first-order valence-electron chi connectivity index (χ1n) is 9.90. The van der Waals surface area contributed by atoms with Gasteiger partial charge in [0, 0.05) is 33.4 Å². The predicted octanol–water partition coefficient (Wildman–Crippen LogP) is 2.60.